The van der Waals surface area contributed by atoms with E-state index in [1.54, 1.807) is 25.3 Å². The Kier molecular flexibility index (Phi) is 4.59. The SMILES string of the molecule is Cc1[nH]nc(C(F)F)c1NC(=O)Nc1cccnc1N1CCCC1. The minimum atomic E-state index is -2.77. The molecule has 0 radical (unpaired) electrons. The molecule has 2 aromatic heterocycles. The maximum Gasteiger partial charge on any atom is 0.323 e. The summed E-state index contributed by atoms with van der Waals surface area (Å²) in [6, 6.07) is 2.83. The zero-order valence-corrected chi connectivity index (χ0v) is 13.1. The largest absolute Gasteiger partial charge is 0.355 e. The maximum absolute atomic E-state index is 12.9. The van der Waals surface area contributed by atoms with E-state index >= 15 is 0 Å². The Morgan fingerprint density at radius 1 is 1.33 bits per heavy atom. The van der Waals surface area contributed by atoms with Crippen LogP contribution in [0.2, 0.25) is 0 Å². The number of aromatic amines is 1. The van der Waals surface area contributed by atoms with Crippen molar-refractivity contribution >= 4 is 23.2 Å². The molecule has 2 amide bonds. The van der Waals surface area contributed by atoms with Gasteiger partial charge in [0.15, 0.2) is 11.5 Å². The predicted molar refractivity (Wildman–Crippen MR) is 86.6 cm³/mol. The van der Waals surface area contributed by atoms with Crippen molar-refractivity contribution in [3.8, 4) is 0 Å². The van der Waals surface area contributed by atoms with Gasteiger partial charge in [-0.25, -0.2) is 18.6 Å². The first-order chi connectivity index (χ1) is 11.6. The second kappa shape index (κ2) is 6.81. The molecule has 0 aromatic carbocycles. The molecule has 3 N–H and O–H groups in total. The molecule has 7 nitrogen and oxygen atoms in total. The standard InChI is InChI=1S/C15H18F2N6O/c1-9-11(12(13(16)17)22-21-9)20-15(24)19-10-5-4-6-18-14(10)23-7-2-3-8-23/h4-6,13H,2-3,7-8H2,1H3,(H,21,22)(H2,19,20,24). The molecule has 0 unspecified atom stereocenters. The Morgan fingerprint density at radius 3 is 2.79 bits per heavy atom. The molecule has 3 heterocycles. The number of hydrogen-bond donors (Lipinski definition) is 3. The summed E-state index contributed by atoms with van der Waals surface area (Å²) >= 11 is 0. The van der Waals surface area contributed by atoms with Crippen LogP contribution in [-0.4, -0.2) is 34.3 Å². The van der Waals surface area contributed by atoms with Crippen molar-refractivity contribution in [3.05, 3.63) is 29.7 Å². The number of carbonyl (C=O) groups excluding carboxylic acids is 1. The second-order valence-electron chi connectivity index (χ2n) is 5.56. The average Bonchev–Trinajstić information content (AvgIpc) is 3.19. The molecule has 0 saturated carbocycles. The number of amides is 2. The van der Waals surface area contributed by atoms with Gasteiger partial charge in [0.05, 0.1) is 17.1 Å². The molecule has 0 aliphatic carbocycles. The van der Waals surface area contributed by atoms with Gasteiger partial charge in [-0.2, -0.15) is 5.10 Å². The number of H-pyrrole nitrogens is 1. The highest BCUT2D eigenvalue weighted by atomic mass is 19.3. The van der Waals surface area contributed by atoms with E-state index in [9.17, 15) is 13.6 Å². The van der Waals surface area contributed by atoms with E-state index in [0.717, 1.165) is 25.9 Å². The van der Waals surface area contributed by atoms with Gasteiger partial charge >= 0.3 is 6.03 Å². The van der Waals surface area contributed by atoms with Crippen molar-refractivity contribution in [1.29, 1.82) is 0 Å². The summed E-state index contributed by atoms with van der Waals surface area (Å²) < 4.78 is 25.8. The minimum absolute atomic E-state index is 0.00545. The summed E-state index contributed by atoms with van der Waals surface area (Å²) in [5.74, 6) is 0.683. The Balaban J connectivity index is 1.75. The molecule has 9 heteroatoms. The zero-order chi connectivity index (χ0) is 17.1. The van der Waals surface area contributed by atoms with Gasteiger partial charge in [0.2, 0.25) is 0 Å². The highest BCUT2D eigenvalue weighted by Crippen LogP contribution is 2.29. The summed E-state index contributed by atoms with van der Waals surface area (Å²) in [6.45, 7) is 3.32. The molecule has 1 saturated heterocycles. The predicted octanol–water partition coefficient (Wildman–Crippen LogP) is 3.29. The van der Waals surface area contributed by atoms with Gasteiger partial charge in [0, 0.05) is 19.3 Å². The highest BCUT2D eigenvalue weighted by Gasteiger charge is 2.22. The fraction of sp³-hybridized carbons (Fsp3) is 0.400. The number of aromatic nitrogens is 3. The van der Waals surface area contributed by atoms with Gasteiger partial charge in [-0.05, 0) is 31.9 Å². The molecule has 0 bridgehead atoms. The van der Waals surface area contributed by atoms with Crippen molar-refractivity contribution in [3.63, 3.8) is 0 Å². The third-order valence-corrected chi connectivity index (χ3v) is 3.86. The van der Waals surface area contributed by atoms with Gasteiger partial charge < -0.3 is 15.5 Å². The van der Waals surface area contributed by atoms with Crippen molar-refractivity contribution < 1.29 is 13.6 Å². The van der Waals surface area contributed by atoms with Gasteiger partial charge in [-0.15, -0.1) is 0 Å². The fourth-order valence-electron chi connectivity index (χ4n) is 2.71. The second-order valence-corrected chi connectivity index (χ2v) is 5.56. The number of anilines is 3. The average molecular weight is 336 g/mol. The van der Waals surface area contributed by atoms with E-state index < -0.39 is 18.2 Å². The Morgan fingerprint density at radius 2 is 2.08 bits per heavy atom. The number of hydrogen-bond acceptors (Lipinski definition) is 4. The third kappa shape index (κ3) is 3.29. The molecule has 0 spiro atoms. The molecule has 24 heavy (non-hydrogen) atoms. The normalized spacial score (nSPS) is 14.2. The number of alkyl halides is 2. The maximum atomic E-state index is 12.9. The first-order valence-corrected chi connectivity index (χ1v) is 7.67. The third-order valence-electron chi connectivity index (χ3n) is 3.86. The number of rotatable bonds is 4. The van der Waals surface area contributed by atoms with Crippen LogP contribution in [0.1, 0.15) is 30.7 Å². The quantitative estimate of drug-likeness (QED) is 0.800. The zero-order valence-electron chi connectivity index (χ0n) is 13.1. The summed E-state index contributed by atoms with van der Waals surface area (Å²) in [5, 5.41) is 11.1. The number of pyridine rings is 1. The summed E-state index contributed by atoms with van der Waals surface area (Å²) in [4.78, 5) is 18.6. The van der Waals surface area contributed by atoms with Crippen LogP contribution >= 0.6 is 0 Å². The van der Waals surface area contributed by atoms with Gasteiger partial charge in [-0.3, -0.25) is 5.10 Å². The van der Waals surface area contributed by atoms with Gasteiger partial charge in [0.1, 0.15) is 0 Å². The van der Waals surface area contributed by atoms with Gasteiger partial charge in [0.25, 0.3) is 6.43 Å². The van der Waals surface area contributed by atoms with E-state index in [2.05, 4.69) is 30.7 Å². The van der Waals surface area contributed by atoms with Crippen LogP contribution in [0.15, 0.2) is 18.3 Å². The molecule has 3 rings (SSSR count). The van der Waals surface area contributed by atoms with Crippen molar-refractivity contribution in [2.45, 2.75) is 26.2 Å². The van der Waals surface area contributed by atoms with E-state index in [1.807, 2.05) is 0 Å². The van der Waals surface area contributed by atoms with E-state index in [4.69, 9.17) is 0 Å². The summed E-state index contributed by atoms with van der Waals surface area (Å²) in [5.41, 5.74) is 0.422. The Hall–Kier alpha value is -2.71. The molecular formula is C15H18F2N6O. The lowest BCUT2D eigenvalue weighted by molar-refractivity contribution is 0.147. The van der Waals surface area contributed by atoms with Crippen LogP contribution in [-0.2, 0) is 0 Å². The summed E-state index contributed by atoms with van der Waals surface area (Å²) in [6.07, 6.45) is 1.04. The van der Waals surface area contributed by atoms with E-state index in [-0.39, 0.29) is 5.69 Å². The highest BCUT2D eigenvalue weighted by molar-refractivity contribution is 6.02. The number of aryl methyl sites for hydroxylation is 1. The molecule has 1 aliphatic rings. The molecule has 2 aromatic rings. The van der Waals surface area contributed by atoms with Crippen LogP contribution in [0.25, 0.3) is 0 Å². The number of nitrogens with zero attached hydrogens (tertiary/aromatic N) is 3. The molecule has 128 valence electrons. The van der Waals surface area contributed by atoms with Crippen LogP contribution in [0.3, 0.4) is 0 Å². The van der Waals surface area contributed by atoms with E-state index in [1.165, 1.54) is 0 Å². The molecule has 0 atom stereocenters. The summed E-state index contributed by atoms with van der Waals surface area (Å²) in [7, 11) is 0. The van der Waals surface area contributed by atoms with Crippen LogP contribution in [0, 0.1) is 6.92 Å². The number of urea groups is 1. The smallest absolute Gasteiger partial charge is 0.323 e. The first kappa shape index (κ1) is 16.2. The lowest BCUT2D eigenvalue weighted by atomic mass is 10.3. The lowest BCUT2D eigenvalue weighted by Crippen LogP contribution is -2.25. The fourth-order valence-corrected chi connectivity index (χ4v) is 2.71. The Bertz CT molecular complexity index is 727. The van der Waals surface area contributed by atoms with Crippen molar-refractivity contribution in [2.75, 3.05) is 28.6 Å². The monoisotopic (exact) mass is 336 g/mol. The topological polar surface area (TPSA) is 85.9 Å². The minimum Gasteiger partial charge on any atom is -0.355 e. The van der Waals surface area contributed by atoms with Crippen LogP contribution in [0.4, 0.5) is 30.8 Å². The van der Waals surface area contributed by atoms with Crippen LogP contribution in [0.5, 0.6) is 0 Å². The molecular weight excluding hydrogens is 318 g/mol. The number of halogens is 2. The first-order valence-electron chi connectivity index (χ1n) is 7.67. The van der Waals surface area contributed by atoms with Crippen molar-refractivity contribution in [2.24, 2.45) is 0 Å². The molecule has 1 fully saturated rings. The Labute approximate surface area is 137 Å². The van der Waals surface area contributed by atoms with Crippen LogP contribution < -0.4 is 15.5 Å². The van der Waals surface area contributed by atoms with E-state index in [0.29, 0.717) is 17.2 Å². The molecule has 1 aliphatic heterocycles. The van der Waals surface area contributed by atoms with Crippen molar-refractivity contribution in [1.82, 2.24) is 15.2 Å². The number of nitrogens with one attached hydrogen (secondary N) is 3. The number of carbonyl (C=O) groups is 1. The lowest BCUT2D eigenvalue weighted by Gasteiger charge is -2.20. The van der Waals surface area contributed by atoms with Gasteiger partial charge in [-0.1, -0.05) is 0 Å².